The molecule has 2 aromatic rings. The second kappa shape index (κ2) is 7.55. The van der Waals surface area contributed by atoms with E-state index in [1.54, 1.807) is 6.07 Å². The SMILES string of the molecule is CCSc1nnc(Cl)cc1C(=P)Nc1cc(C(F)(F)F)cnc1N. The minimum atomic E-state index is -4.52. The number of nitrogen functional groups attached to an aromatic ring is 1. The lowest BCUT2D eigenvalue weighted by Gasteiger charge is -2.15. The maximum Gasteiger partial charge on any atom is 0.417 e. The van der Waals surface area contributed by atoms with Crippen molar-refractivity contribution in [2.75, 3.05) is 16.8 Å². The Hall–Kier alpha value is -1.57. The summed E-state index contributed by atoms with van der Waals surface area (Å²) in [5.41, 5.74) is 5.64. The van der Waals surface area contributed by atoms with Crippen molar-refractivity contribution >= 4 is 49.1 Å². The summed E-state index contributed by atoms with van der Waals surface area (Å²) in [5.74, 6) is 0.660. The highest BCUT2D eigenvalue weighted by Gasteiger charge is 2.31. The van der Waals surface area contributed by atoms with E-state index in [0.717, 1.165) is 11.8 Å². The summed E-state index contributed by atoms with van der Waals surface area (Å²) in [6.45, 7) is 1.93. The second-order valence-electron chi connectivity index (χ2n) is 4.47. The van der Waals surface area contributed by atoms with Gasteiger partial charge >= 0.3 is 6.18 Å². The molecule has 0 aliphatic rings. The van der Waals surface area contributed by atoms with Gasteiger partial charge in [0.25, 0.3) is 0 Å². The van der Waals surface area contributed by atoms with Crippen LogP contribution in [0.1, 0.15) is 18.1 Å². The fourth-order valence-electron chi connectivity index (χ4n) is 1.71. The van der Waals surface area contributed by atoms with Gasteiger partial charge in [0.05, 0.1) is 16.7 Å². The van der Waals surface area contributed by atoms with E-state index in [9.17, 15) is 13.2 Å². The van der Waals surface area contributed by atoms with Gasteiger partial charge in [0.2, 0.25) is 0 Å². The van der Waals surface area contributed by atoms with Gasteiger partial charge in [-0.3, -0.25) is 0 Å². The normalized spacial score (nSPS) is 11.4. The molecule has 24 heavy (non-hydrogen) atoms. The Bertz CT molecular complexity index is 772. The van der Waals surface area contributed by atoms with Crippen LogP contribution in [0, 0.1) is 0 Å². The third-order valence-corrected chi connectivity index (χ3v) is 4.23. The highest BCUT2D eigenvalue weighted by molar-refractivity contribution is 7.99. The molecule has 0 amide bonds. The second-order valence-corrected chi connectivity index (χ2v) is 6.61. The van der Waals surface area contributed by atoms with E-state index < -0.39 is 11.7 Å². The van der Waals surface area contributed by atoms with Crippen LogP contribution in [0.15, 0.2) is 23.4 Å². The first kappa shape index (κ1) is 18.8. The quantitative estimate of drug-likeness (QED) is 0.591. The van der Waals surface area contributed by atoms with Crippen LogP contribution in [0.5, 0.6) is 0 Å². The Morgan fingerprint density at radius 1 is 1.38 bits per heavy atom. The van der Waals surface area contributed by atoms with Crippen LogP contribution in [-0.4, -0.2) is 26.4 Å². The number of aromatic nitrogens is 3. The van der Waals surface area contributed by atoms with Gasteiger partial charge in [0.1, 0.15) is 10.8 Å². The number of halogens is 4. The molecule has 5 nitrogen and oxygen atoms in total. The van der Waals surface area contributed by atoms with Gasteiger partial charge in [-0.25, -0.2) is 4.98 Å². The molecule has 11 heteroatoms. The number of nitrogens with two attached hydrogens (primary N) is 1. The zero-order valence-electron chi connectivity index (χ0n) is 12.3. The number of alkyl halides is 3. The molecule has 0 bridgehead atoms. The summed E-state index contributed by atoms with van der Waals surface area (Å²) < 4.78 is 38.4. The highest BCUT2D eigenvalue weighted by Crippen LogP contribution is 2.32. The first-order chi connectivity index (χ1) is 11.2. The van der Waals surface area contributed by atoms with Crippen LogP contribution < -0.4 is 11.1 Å². The van der Waals surface area contributed by atoms with Gasteiger partial charge in [-0.2, -0.15) is 13.2 Å². The Morgan fingerprint density at radius 2 is 2.08 bits per heavy atom. The van der Waals surface area contributed by atoms with Gasteiger partial charge in [-0.15, -0.1) is 22.0 Å². The smallest absolute Gasteiger partial charge is 0.382 e. The molecule has 2 heterocycles. The summed E-state index contributed by atoms with van der Waals surface area (Å²) in [6.07, 6.45) is -3.84. The summed E-state index contributed by atoms with van der Waals surface area (Å²) in [4.78, 5) is 3.57. The minimum absolute atomic E-state index is 0.00945. The van der Waals surface area contributed by atoms with Crippen molar-refractivity contribution in [2.45, 2.75) is 18.1 Å². The average molecular weight is 394 g/mol. The van der Waals surface area contributed by atoms with Crippen molar-refractivity contribution in [3.8, 4) is 0 Å². The number of hydrogen-bond acceptors (Lipinski definition) is 5. The minimum Gasteiger partial charge on any atom is -0.382 e. The average Bonchev–Trinajstić information content (AvgIpc) is 2.50. The van der Waals surface area contributed by atoms with Crippen molar-refractivity contribution in [2.24, 2.45) is 0 Å². The lowest BCUT2D eigenvalue weighted by atomic mass is 10.2. The van der Waals surface area contributed by atoms with Crippen LogP contribution in [0.25, 0.3) is 0 Å². The molecule has 0 saturated carbocycles. The Labute approximate surface area is 147 Å². The first-order valence-electron chi connectivity index (χ1n) is 6.57. The lowest BCUT2D eigenvalue weighted by molar-refractivity contribution is -0.137. The number of thioether (sulfide) groups is 1. The number of pyridine rings is 1. The fourth-order valence-corrected chi connectivity index (χ4v) is 2.96. The molecule has 128 valence electrons. The standard InChI is InChI=1S/C13H12ClF3N5PS/c1-2-24-12-7(4-9(14)21-22-12)11(23)20-8-3-6(13(15,16)17)5-19-10(8)18/h3-5,20,23H,2H2,1H3,(H2,18,19). The molecule has 0 atom stereocenters. The third kappa shape index (κ3) is 4.49. The van der Waals surface area contributed by atoms with Gasteiger partial charge < -0.3 is 11.1 Å². The summed E-state index contributed by atoms with van der Waals surface area (Å²) in [7, 11) is 3.35. The van der Waals surface area contributed by atoms with E-state index in [0.29, 0.717) is 22.2 Å². The third-order valence-electron chi connectivity index (χ3n) is 2.79. The van der Waals surface area contributed by atoms with E-state index in [2.05, 4.69) is 29.4 Å². The Morgan fingerprint density at radius 3 is 2.71 bits per heavy atom. The van der Waals surface area contributed by atoms with Crippen molar-refractivity contribution in [3.05, 3.63) is 34.6 Å². The van der Waals surface area contributed by atoms with E-state index in [-0.39, 0.29) is 16.7 Å². The Kier molecular flexibility index (Phi) is 5.90. The predicted octanol–water partition coefficient (Wildman–Crippen LogP) is 3.97. The number of anilines is 2. The molecule has 0 radical (unpaired) electrons. The van der Waals surface area contributed by atoms with Crippen LogP contribution in [-0.2, 0) is 6.18 Å². The first-order valence-corrected chi connectivity index (χ1v) is 8.43. The Balaban J connectivity index is 2.35. The molecule has 3 N–H and O–H groups in total. The number of rotatable bonds is 5. The highest BCUT2D eigenvalue weighted by atomic mass is 35.5. The predicted molar refractivity (Wildman–Crippen MR) is 93.1 cm³/mol. The molecular weight excluding hydrogens is 382 g/mol. The maximum atomic E-state index is 12.8. The maximum absolute atomic E-state index is 12.8. The van der Waals surface area contributed by atoms with Crippen LogP contribution in [0.4, 0.5) is 24.7 Å². The molecule has 0 aliphatic heterocycles. The van der Waals surface area contributed by atoms with Crippen LogP contribution in [0.2, 0.25) is 5.15 Å². The van der Waals surface area contributed by atoms with E-state index in [4.69, 9.17) is 17.3 Å². The monoisotopic (exact) mass is 393 g/mol. The fraction of sp³-hybridized carbons (Fsp3) is 0.231. The van der Waals surface area contributed by atoms with Crippen molar-refractivity contribution in [3.63, 3.8) is 0 Å². The number of hydrogen-bond donors (Lipinski definition) is 2. The molecular formula is C13H12ClF3N5PS. The van der Waals surface area contributed by atoms with Crippen molar-refractivity contribution in [1.82, 2.24) is 15.2 Å². The number of nitrogens with zero attached hydrogens (tertiary/aromatic N) is 3. The summed E-state index contributed by atoms with van der Waals surface area (Å²) in [6, 6.07) is 2.42. The van der Waals surface area contributed by atoms with Crippen molar-refractivity contribution < 1.29 is 13.2 Å². The summed E-state index contributed by atoms with van der Waals surface area (Å²) in [5, 5.41) is 11.2. The van der Waals surface area contributed by atoms with Crippen molar-refractivity contribution in [1.29, 1.82) is 0 Å². The molecule has 0 aromatic carbocycles. The molecule has 2 aromatic heterocycles. The van der Waals surface area contributed by atoms with Gasteiger partial charge in [0.15, 0.2) is 5.15 Å². The molecule has 0 unspecified atom stereocenters. The van der Waals surface area contributed by atoms with Crippen LogP contribution in [0.3, 0.4) is 0 Å². The largest absolute Gasteiger partial charge is 0.417 e. The van der Waals surface area contributed by atoms with Gasteiger partial charge in [-0.05, 0) is 17.9 Å². The topological polar surface area (TPSA) is 76.7 Å². The van der Waals surface area contributed by atoms with Gasteiger partial charge in [-0.1, -0.05) is 27.4 Å². The van der Waals surface area contributed by atoms with E-state index in [1.807, 2.05) is 6.92 Å². The molecule has 0 saturated heterocycles. The molecule has 2 rings (SSSR count). The molecule has 0 spiro atoms. The lowest BCUT2D eigenvalue weighted by Crippen LogP contribution is -2.16. The van der Waals surface area contributed by atoms with E-state index >= 15 is 0 Å². The summed E-state index contributed by atoms with van der Waals surface area (Å²) >= 11 is 7.26. The molecule has 0 fully saturated rings. The number of nitrogens with one attached hydrogen (secondary N) is 1. The van der Waals surface area contributed by atoms with E-state index in [1.165, 1.54) is 11.8 Å². The van der Waals surface area contributed by atoms with Gasteiger partial charge in [0, 0.05) is 11.8 Å². The zero-order chi connectivity index (χ0) is 17.9. The van der Waals surface area contributed by atoms with Crippen LogP contribution >= 0.6 is 32.2 Å². The molecule has 0 aliphatic carbocycles. The zero-order valence-corrected chi connectivity index (χ0v) is 14.9.